The van der Waals surface area contributed by atoms with Crippen LogP contribution in [-0.2, 0) is 14.8 Å². The number of amides is 1. The largest absolute Gasteiger partial charge is 0.351 e. The third-order valence-corrected chi connectivity index (χ3v) is 5.19. The molecule has 1 aliphatic rings. The van der Waals surface area contributed by atoms with Crippen LogP contribution < -0.4 is 10.6 Å². The first-order valence-corrected chi connectivity index (χ1v) is 7.91. The van der Waals surface area contributed by atoms with E-state index in [0.717, 1.165) is 23.8 Å². The molecule has 0 aromatic carbocycles. The van der Waals surface area contributed by atoms with Gasteiger partial charge >= 0.3 is 0 Å². The second kappa shape index (κ2) is 8.04. The van der Waals surface area contributed by atoms with Crippen molar-refractivity contribution >= 4 is 28.3 Å². The number of nitrogens with one attached hydrogen (secondary N) is 2. The number of piperidine rings is 1. The van der Waals surface area contributed by atoms with Gasteiger partial charge in [0, 0.05) is 19.6 Å². The van der Waals surface area contributed by atoms with Gasteiger partial charge in [-0.2, -0.15) is 4.31 Å². The molecule has 2 atom stereocenters. The van der Waals surface area contributed by atoms with Gasteiger partial charge in [-0.1, -0.05) is 6.92 Å². The molecule has 0 spiro atoms. The average molecular weight is 314 g/mol. The second-order valence-electron chi connectivity index (χ2n) is 4.80. The lowest BCUT2D eigenvalue weighted by atomic mass is 9.95. The summed E-state index contributed by atoms with van der Waals surface area (Å²) in [6, 6.07) is 0.0870. The minimum absolute atomic E-state index is 0. The quantitative estimate of drug-likeness (QED) is 0.737. The molecule has 0 bridgehead atoms. The van der Waals surface area contributed by atoms with Crippen LogP contribution in [0.5, 0.6) is 0 Å². The summed E-state index contributed by atoms with van der Waals surface area (Å²) >= 11 is 0. The van der Waals surface area contributed by atoms with Crippen LogP contribution in [0.15, 0.2) is 0 Å². The van der Waals surface area contributed by atoms with Crippen LogP contribution in [0, 0.1) is 5.92 Å². The normalized spacial score (nSPS) is 23.8. The molecule has 2 unspecified atom stereocenters. The summed E-state index contributed by atoms with van der Waals surface area (Å²) in [6.45, 7) is 5.27. The molecule has 8 heteroatoms. The number of rotatable bonds is 5. The first-order valence-electron chi connectivity index (χ1n) is 6.31. The highest BCUT2D eigenvalue weighted by molar-refractivity contribution is 7.89. The minimum Gasteiger partial charge on any atom is -0.351 e. The molecule has 0 aromatic heterocycles. The fourth-order valence-corrected chi connectivity index (χ4v) is 2.71. The highest BCUT2D eigenvalue weighted by atomic mass is 35.5. The van der Waals surface area contributed by atoms with E-state index in [1.54, 1.807) is 6.92 Å². The predicted molar refractivity (Wildman–Crippen MR) is 77.9 cm³/mol. The molecule has 0 saturated carbocycles. The zero-order valence-electron chi connectivity index (χ0n) is 11.7. The van der Waals surface area contributed by atoms with Crippen molar-refractivity contribution in [2.75, 3.05) is 32.4 Å². The maximum absolute atomic E-state index is 11.8. The summed E-state index contributed by atoms with van der Waals surface area (Å²) in [4.78, 5) is 11.8. The summed E-state index contributed by atoms with van der Waals surface area (Å²) in [7, 11) is -1.86. The van der Waals surface area contributed by atoms with Crippen LogP contribution in [0.2, 0.25) is 0 Å². The van der Waals surface area contributed by atoms with Crippen LogP contribution in [0.25, 0.3) is 0 Å². The number of likely N-dealkylation sites (N-methyl/N-ethyl adjacent to an activating group) is 1. The van der Waals surface area contributed by atoms with Crippen LogP contribution in [0.3, 0.4) is 0 Å². The smallest absolute Gasteiger partial charge is 0.235 e. The number of hydrogen-bond donors (Lipinski definition) is 2. The first-order chi connectivity index (χ1) is 8.36. The van der Waals surface area contributed by atoms with Crippen molar-refractivity contribution in [1.82, 2.24) is 14.9 Å². The van der Waals surface area contributed by atoms with Gasteiger partial charge in [0.1, 0.15) is 0 Å². The van der Waals surface area contributed by atoms with E-state index >= 15 is 0 Å². The first kappa shape index (κ1) is 18.6. The Kier molecular flexibility index (Phi) is 7.88. The Morgan fingerprint density at radius 3 is 2.63 bits per heavy atom. The Labute approximate surface area is 121 Å². The molecule has 2 N–H and O–H groups in total. The van der Waals surface area contributed by atoms with E-state index in [-0.39, 0.29) is 36.7 Å². The Balaban J connectivity index is 0.00000324. The van der Waals surface area contributed by atoms with Crippen LogP contribution in [0.1, 0.15) is 20.3 Å². The number of sulfonamides is 1. The highest BCUT2D eigenvalue weighted by Gasteiger charge is 2.24. The maximum Gasteiger partial charge on any atom is 0.235 e. The number of nitrogens with zero attached hydrogens (tertiary/aromatic N) is 1. The molecule has 1 amide bonds. The van der Waals surface area contributed by atoms with E-state index in [2.05, 4.69) is 17.6 Å². The van der Waals surface area contributed by atoms with Gasteiger partial charge in [0.2, 0.25) is 15.9 Å². The van der Waals surface area contributed by atoms with E-state index < -0.39 is 10.0 Å². The SMILES string of the molecule is CCS(=O)(=O)N(C)CC(=O)NC1CNCCC1C.Cl. The average Bonchev–Trinajstić information content (AvgIpc) is 2.32. The van der Waals surface area contributed by atoms with Crippen molar-refractivity contribution < 1.29 is 13.2 Å². The Morgan fingerprint density at radius 1 is 1.47 bits per heavy atom. The van der Waals surface area contributed by atoms with Gasteiger partial charge in [-0.05, 0) is 25.8 Å². The topological polar surface area (TPSA) is 78.5 Å². The zero-order valence-corrected chi connectivity index (χ0v) is 13.3. The minimum atomic E-state index is -3.29. The highest BCUT2D eigenvalue weighted by Crippen LogP contribution is 2.11. The van der Waals surface area contributed by atoms with Gasteiger partial charge in [0.15, 0.2) is 0 Å². The molecule has 19 heavy (non-hydrogen) atoms. The standard InChI is InChI=1S/C11H23N3O3S.ClH/c1-4-18(16,17)14(3)8-11(15)13-10-7-12-6-5-9(10)2;/h9-10,12H,4-8H2,1-3H3,(H,13,15);1H. The van der Waals surface area contributed by atoms with E-state index in [0.29, 0.717) is 5.92 Å². The Morgan fingerprint density at radius 2 is 2.11 bits per heavy atom. The van der Waals surface area contributed by atoms with Crippen molar-refractivity contribution in [2.45, 2.75) is 26.3 Å². The van der Waals surface area contributed by atoms with Gasteiger partial charge in [0.25, 0.3) is 0 Å². The maximum atomic E-state index is 11.8. The summed E-state index contributed by atoms with van der Waals surface area (Å²) in [5.74, 6) is 0.191. The van der Waals surface area contributed by atoms with Gasteiger partial charge in [-0.15, -0.1) is 12.4 Å². The van der Waals surface area contributed by atoms with Gasteiger partial charge in [-0.3, -0.25) is 4.79 Å². The predicted octanol–water partition coefficient (Wildman–Crippen LogP) is -0.196. The van der Waals surface area contributed by atoms with Gasteiger partial charge in [-0.25, -0.2) is 8.42 Å². The Hall–Kier alpha value is -0.370. The van der Waals surface area contributed by atoms with Crippen molar-refractivity contribution in [3.05, 3.63) is 0 Å². The summed E-state index contributed by atoms with van der Waals surface area (Å²) in [5.41, 5.74) is 0. The molecular weight excluding hydrogens is 290 g/mol. The third-order valence-electron chi connectivity index (χ3n) is 3.38. The third kappa shape index (κ3) is 5.64. The fourth-order valence-electron chi connectivity index (χ4n) is 1.96. The molecule has 0 aliphatic carbocycles. The molecule has 1 saturated heterocycles. The molecule has 1 heterocycles. The molecule has 114 valence electrons. The lowest BCUT2D eigenvalue weighted by molar-refractivity contribution is -0.122. The molecule has 1 rings (SSSR count). The lowest BCUT2D eigenvalue weighted by Gasteiger charge is -2.30. The summed E-state index contributed by atoms with van der Waals surface area (Å²) < 4.78 is 24.2. The van der Waals surface area contributed by atoms with Crippen LogP contribution >= 0.6 is 12.4 Å². The monoisotopic (exact) mass is 313 g/mol. The molecular formula is C11H24ClN3O3S. The molecule has 0 aromatic rings. The number of carbonyl (C=O) groups excluding carboxylic acids is 1. The van der Waals surface area contributed by atoms with E-state index in [1.807, 2.05) is 0 Å². The van der Waals surface area contributed by atoms with Crippen molar-refractivity contribution in [2.24, 2.45) is 5.92 Å². The number of halogens is 1. The lowest BCUT2D eigenvalue weighted by Crippen LogP contribution is -2.52. The number of hydrogen-bond acceptors (Lipinski definition) is 4. The fraction of sp³-hybridized carbons (Fsp3) is 0.909. The van der Waals surface area contributed by atoms with Crippen LogP contribution in [-0.4, -0.2) is 57.1 Å². The van der Waals surface area contributed by atoms with E-state index in [9.17, 15) is 13.2 Å². The second-order valence-corrected chi connectivity index (χ2v) is 7.17. The Bertz CT molecular complexity index is 389. The van der Waals surface area contributed by atoms with Gasteiger partial charge in [0.05, 0.1) is 12.3 Å². The van der Waals surface area contributed by atoms with Crippen molar-refractivity contribution in [3.8, 4) is 0 Å². The molecule has 0 radical (unpaired) electrons. The molecule has 1 aliphatic heterocycles. The number of carbonyl (C=O) groups is 1. The van der Waals surface area contributed by atoms with Crippen molar-refractivity contribution in [1.29, 1.82) is 0 Å². The molecule has 1 fully saturated rings. The van der Waals surface area contributed by atoms with Crippen molar-refractivity contribution in [3.63, 3.8) is 0 Å². The zero-order chi connectivity index (χ0) is 13.8. The van der Waals surface area contributed by atoms with Crippen LogP contribution in [0.4, 0.5) is 0 Å². The van der Waals surface area contributed by atoms with E-state index in [4.69, 9.17) is 0 Å². The molecule has 6 nitrogen and oxygen atoms in total. The van der Waals surface area contributed by atoms with E-state index in [1.165, 1.54) is 7.05 Å². The summed E-state index contributed by atoms with van der Waals surface area (Å²) in [6.07, 6.45) is 1.02. The van der Waals surface area contributed by atoms with Gasteiger partial charge < -0.3 is 10.6 Å². The summed E-state index contributed by atoms with van der Waals surface area (Å²) in [5, 5.41) is 6.11.